The number of rotatable bonds is 6. The standard InChI is InChI=1S/C11H20N2O/c1-3-5-10(12)8-13(2)9-11-6-4-7-14-11/h4,6-7,10H,3,5,8-9,12H2,1-2H3. The summed E-state index contributed by atoms with van der Waals surface area (Å²) >= 11 is 0. The molecule has 80 valence electrons. The van der Waals surface area contributed by atoms with Gasteiger partial charge >= 0.3 is 0 Å². The van der Waals surface area contributed by atoms with Crippen molar-refractivity contribution in [2.75, 3.05) is 13.6 Å². The Labute approximate surface area is 85.9 Å². The molecule has 0 spiro atoms. The van der Waals surface area contributed by atoms with E-state index >= 15 is 0 Å². The predicted molar refractivity (Wildman–Crippen MR) is 57.9 cm³/mol. The molecule has 3 heteroatoms. The second-order valence-electron chi connectivity index (χ2n) is 3.82. The highest BCUT2D eigenvalue weighted by atomic mass is 16.3. The molecule has 14 heavy (non-hydrogen) atoms. The second kappa shape index (κ2) is 5.83. The Morgan fingerprint density at radius 2 is 2.36 bits per heavy atom. The molecular weight excluding hydrogens is 176 g/mol. The molecule has 0 aliphatic rings. The summed E-state index contributed by atoms with van der Waals surface area (Å²) in [5, 5.41) is 0. The second-order valence-corrected chi connectivity index (χ2v) is 3.82. The zero-order chi connectivity index (χ0) is 10.4. The fraction of sp³-hybridized carbons (Fsp3) is 0.636. The Balaban J connectivity index is 2.25. The molecular formula is C11H20N2O. The molecule has 0 bridgehead atoms. The molecule has 1 atom stereocenters. The van der Waals surface area contributed by atoms with E-state index in [0.29, 0.717) is 0 Å². The van der Waals surface area contributed by atoms with Crippen molar-refractivity contribution in [3.63, 3.8) is 0 Å². The Morgan fingerprint density at radius 3 is 2.93 bits per heavy atom. The molecule has 3 nitrogen and oxygen atoms in total. The number of nitrogens with two attached hydrogens (primary N) is 1. The SMILES string of the molecule is CCCC(N)CN(C)Cc1ccco1. The zero-order valence-electron chi connectivity index (χ0n) is 9.07. The molecule has 1 aromatic rings. The Kier molecular flexibility index (Phi) is 4.70. The third kappa shape index (κ3) is 3.94. The van der Waals surface area contributed by atoms with Gasteiger partial charge in [-0.15, -0.1) is 0 Å². The maximum absolute atomic E-state index is 5.94. The van der Waals surface area contributed by atoms with E-state index in [0.717, 1.165) is 31.7 Å². The van der Waals surface area contributed by atoms with Gasteiger partial charge in [0.1, 0.15) is 5.76 Å². The molecule has 0 radical (unpaired) electrons. The van der Waals surface area contributed by atoms with E-state index in [1.807, 2.05) is 12.1 Å². The Morgan fingerprint density at radius 1 is 1.57 bits per heavy atom. The molecule has 0 fully saturated rings. The minimum atomic E-state index is 0.278. The fourth-order valence-electron chi connectivity index (χ4n) is 1.60. The summed E-state index contributed by atoms with van der Waals surface area (Å²) in [6.45, 7) is 3.92. The zero-order valence-corrected chi connectivity index (χ0v) is 9.07. The van der Waals surface area contributed by atoms with Crippen LogP contribution in [0.5, 0.6) is 0 Å². The molecule has 1 aromatic heterocycles. The van der Waals surface area contributed by atoms with Crippen molar-refractivity contribution >= 4 is 0 Å². The summed E-state index contributed by atoms with van der Waals surface area (Å²) in [5.41, 5.74) is 5.94. The van der Waals surface area contributed by atoms with Crippen LogP contribution in [-0.2, 0) is 6.54 Å². The van der Waals surface area contributed by atoms with Gasteiger partial charge in [-0.1, -0.05) is 13.3 Å². The number of nitrogens with zero attached hydrogens (tertiary/aromatic N) is 1. The highest BCUT2D eigenvalue weighted by molar-refractivity contribution is 4.97. The summed E-state index contributed by atoms with van der Waals surface area (Å²) < 4.78 is 5.26. The van der Waals surface area contributed by atoms with Crippen molar-refractivity contribution in [1.82, 2.24) is 4.90 Å². The molecule has 0 aliphatic heterocycles. The first kappa shape index (κ1) is 11.3. The van der Waals surface area contributed by atoms with E-state index in [1.54, 1.807) is 6.26 Å². The van der Waals surface area contributed by atoms with Crippen molar-refractivity contribution in [2.24, 2.45) is 5.73 Å². The van der Waals surface area contributed by atoms with Gasteiger partial charge in [0.05, 0.1) is 12.8 Å². The quantitative estimate of drug-likeness (QED) is 0.755. The normalized spacial score (nSPS) is 13.4. The van der Waals surface area contributed by atoms with Gasteiger partial charge in [-0.3, -0.25) is 4.90 Å². The smallest absolute Gasteiger partial charge is 0.117 e. The Hall–Kier alpha value is -0.800. The van der Waals surface area contributed by atoms with E-state index < -0.39 is 0 Å². The highest BCUT2D eigenvalue weighted by Gasteiger charge is 2.07. The molecule has 0 saturated carbocycles. The average Bonchev–Trinajstić information content (AvgIpc) is 2.56. The van der Waals surface area contributed by atoms with Crippen LogP contribution in [0.2, 0.25) is 0 Å². The number of hydrogen-bond acceptors (Lipinski definition) is 3. The van der Waals surface area contributed by atoms with Gasteiger partial charge in [-0.2, -0.15) is 0 Å². The molecule has 1 unspecified atom stereocenters. The van der Waals surface area contributed by atoms with Crippen molar-refractivity contribution in [3.05, 3.63) is 24.2 Å². The van der Waals surface area contributed by atoms with Gasteiger partial charge in [0.25, 0.3) is 0 Å². The van der Waals surface area contributed by atoms with Gasteiger partial charge in [0, 0.05) is 12.6 Å². The summed E-state index contributed by atoms with van der Waals surface area (Å²) in [7, 11) is 2.07. The molecule has 1 rings (SSSR count). The third-order valence-electron chi connectivity index (χ3n) is 2.21. The van der Waals surface area contributed by atoms with Crippen LogP contribution in [0.25, 0.3) is 0 Å². The van der Waals surface area contributed by atoms with Gasteiger partial charge < -0.3 is 10.2 Å². The molecule has 2 N–H and O–H groups in total. The van der Waals surface area contributed by atoms with Gasteiger partial charge in [-0.25, -0.2) is 0 Å². The van der Waals surface area contributed by atoms with Crippen LogP contribution in [0.4, 0.5) is 0 Å². The molecule has 0 saturated heterocycles. The topological polar surface area (TPSA) is 42.4 Å². The van der Waals surface area contributed by atoms with Gasteiger partial charge in [-0.05, 0) is 25.6 Å². The number of hydrogen-bond donors (Lipinski definition) is 1. The molecule has 0 amide bonds. The van der Waals surface area contributed by atoms with E-state index in [9.17, 15) is 0 Å². The van der Waals surface area contributed by atoms with Crippen molar-refractivity contribution in [2.45, 2.75) is 32.4 Å². The van der Waals surface area contributed by atoms with Crippen molar-refractivity contribution in [1.29, 1.82) is 0 Å². The lowest BCUT2D eigenvalue weighted by Gasteiger charge is -2.19. The fourth-order valence-corrected chi connectivity index (χ4v) is 1.60. The maximum Gasteiger partial charge on any atom is 0.117 e. The van der Waals surface area contributed by atoms with Gasteiger partial charge in [0.15, 0.2) is 0 Å². The summed E-state index contributed by atoms with van der Waals surface area (Å²) in [4.78, 5) is 2.19. The van der Waals surface area contributed by atoms with Crippen LogP contribution >= 0.6 is 0 Å². The van der Waals surface area contributed by atoms with E-state index in [4.69, 9.17) is 10.2 Å². The highest BCUT2D eigenvalue weighted by Crippen LogP contribution is 2.04. The van der Waals surface area contributed by atoms with Crippen LogP contribution in [-0.4, -0.2) is 24.5 Å². The van der Waals surface area contributed by atoms with E-state index in [1.165, 1.54) is 0 Å². The average molecular weight is 196 g/mol. The minimum Gasteiger partial charge on any atom is -0.468 e. The summed E-state index contributed by atoms with van der Waals surface area (Å²) in [6.07, 6.45) is 3.94. The lowest BCUT2D eigenvalue weighted by atomic mass is 10.2. The largest absolute Gasteiger partial charge is 0.468 e. The first-order valence-corrected chi connectivity index (χ1v) is 5.19. The van der Waals surface area contributed by atoms with Crippen LogP contribution < -0.4 is 5.73 Å². The van der Waals surface area contributed by atoms with E-state index in [-0.39, 0.29) is 6.04 Å². The number of furan rings is 1. The number of likely N-dealkylation sites (N-methyl/N-ethyl adjacent to an activating group) is 1. The third-order valence-corrected chi connectivity index (χ3v) is 2.21. The van der Waals surface area contributed by atoms with Crippen molar-refractivity contribution in [3.8, 4) is 0 Å². The van der Waals surface area contributed by atoms with Crippen molar-refractivity contribution < 1.29 is 4.42 Å². The molecule has 0 aromatic carbocycles. The maximum atomic E-state index is 5.94. The minimum absolute atomic E-state index is 0.278. The van der Waals surface area contributed by atoms with E-state index in [2.05, 4.69) is 18.9 Å². The van der Waals surface area contributed by atoms with Crippen LogP contribution in [0.15, 0.2) is 22.8 Å². The summed E-state index contributed by atoms with van der Waals surface area (Å²) in [5.74, 6) is 0.996. The first-order valence-electron chi connectivity index (χ1n) is 5.19. The van der Waals surface area contributed by atoms with Gasteiger partial charge in [0.2, 0.25) is 0 Å². The first-order chi connectivity index (χ1) is 6.72. The van der Waals surface area contributed by atoms with Crippen LogP contribution in [0.1, 0.15) is 25.5 Å². The van der Waals surface area contributed by atoms with Crippen LogP contribution in [0, 0.1) is 0 Å². The lowest BCUT2D eigenvalue weighted by molar-refractivity contribution is 0.272. The molecule has 1 heterocycles. The Bertz CT molecular complexity index is 233. The van der Waals surface area contributed by atoms with Crippen LogP contribution in [0.3, 0.4) is 0 Å². The lowest BCUT2D eigenvalue weighted by Crippen LogP contribution is -2.34. The monoisotopic (exact) mass is 196 g/mol. The summed E-state index contributed by atoms with van der Waals surface area (Å²) in [6, 6.07) is 4.18. The predicted octanol–water partition coefficient (Wildman–Crippen LogP) is 1.84. The molecule has 0 aliphatic carbocycles.